The van der Waals surface area contributed by atoms with E-state index in [1.54, 1.807) is 36.4 Å². The summed E-state index contributed by atoms with van der Waals surface area (Å²) in [6.07, 6.45) is 1.47. The molecule has 7 nitrogen and oxygen atoms in total. The molecule has 32 heavy (non-hydrogen) atoms. The molecule has 0 saturated carbocycles. The van der Waals surface area contributed by atoms with Crippen molar-refractivity contribution < 1.29 is 32.0 Å². The molecule has 0 radical (unpaired) electrons. The fraction of sp³-hybridized carbons (Fsp3) is 0.125. The summed E-state index contributed by atoms with van der Waals surface area (Å²) >= 11 is 0. The summed E-state index contributed by atoms with van der Waals surface area (Å²) < 4.78 is 41.6. The van der Waals surface area contributed by atoms with E-state index in [1.165, 1.54) is 44.6 Å². The highest BCUT2D eigenvalue weighted by atomic mass is 32.2. The minimum Gasteiger partial charge on any atom is -0.493 e. The second kappa shape index (κ2) is 9.57. The van der Waals surface area contributed by atoms with Gasteiger partial charge in [-0.1, -0.05) is 48.0 Å². The van der Waals surface area contributed by atoms with E-state index in [4.69, 9.17) is 13.7 Å². The molecule has 3 aromatic rings. The van der Waals surface area contributed by atoms with Gasteiger partial charge in [-0.15, -0.1) is 0 Å². The third kappa shape index (κ3) is 5.09. The van der Waals surface area contributed by atoms with E-state index < -0.39 is 16.1 Å². The average molecular weight is 455 g/mol. The number of methoxy groups -OCH3 is 2. The number of aryl methyl sites for hydroxylation is 1. The molecule has 0 aliphatic carbocycles. The van der Waals surface area contributed by atoms with Crippen molar-refractivity contribution in [2.45, 2.75) is 11.8 Å². The van der Waals surface area contributed by atoms with Crippen LogP contribution < -0.4 is 13.7 Å². The molecule has 0 amide bonds. The Kier molecular flexibility index (Phi) is 6.85. The van der Waals surface area contributed by atoms with Crippen molar-refractivity contribution >= 4 is 27.7 Å². The maximum Gasteiger partial charge on any atom is 0.339 e. The molecule has 0 bridgehead atoms. The van der Waals surface area contributed by atoms with Gasteiger partial charge in [-0.2, -0.15) is 8.42 Å². The van der Waals surface area contributed by atoms with Gasteiger partial charge in [-0.25, -0.2) is 4.79 Å². The Morgan fingerprint density at radius 3 is 2.09 bits per heavy atom. The number of aliphatic carboxylic acids is 1. The quantitative estimate of drug-likeness (QED) is 0.306. The Labute approximate surface area is 186 Å². The molecule has 0 spiro atoms. The second-order valence-corrected chi connectivity index (χ2v) is 8.38. The van der Waals surface area contributed by atoms with Crippen molar-refractivity contribution in [2.24, 2.45) is 0 Å². The molecule has 0 unspecified atom stereocenters. The Morgan fingerprint density at radius 1 is 0.906 bits per heavy atom. The third-order valence-corrected chi connectivity index (χ3v) is 5.85. The number of benzene rings is 3. The van der Waals surface area contributed by atoms with Crippen LogP contribution in [0.5, 0.6) is 17.2 Å². The van der Waals surface area contributed by atoms with E-state index in [2.05, 4.69) is 0 Å². The maximum atomic E-state index is 12.8. The van der Waals surface area contributed by atoms with E-state index in [1.807, 2.05) is 13.0 Å². The molecule has 8 heteroatoms. The Bertz CT molecular complexity index is 1250. The zero-order valence-electron chi connectivity index (χ0n) is 17.7. The van der Waals surface area contributed by atoms with Crippen molar-refractivity contribution in [1.29, 1.82) is 0 Å². The summed E-state index contributed by atoms with van der Waals surface area (Å²) in [4.78, 5) is 12.0. The van der Waals surface area contributed by atoms with Crippen molar-refractivity contribution in [1.82, 2.24) is 0 Å². The van der Waals surface area contributed by atoms with Crippen LogP contribution in [0.25, 0.3) is 11.6 Å². The van der Waals surface area contributed by atoms with Crippen molar-refractivity contribution in [3.8, 4) is 17.2 Å². The highest BCUT2D eigenvalue weighted by Crippen LogP contribution is 2.41. The number of carbonyl (C=O) groups is 1. The van der Waals surface area contributed by atoms with Gasteiger partial charge in [0, 0.05) is 0 Å². The summed E-state index contributed by atoms with van der Waals surface area (Å²) in [5.74, 6) is -1.24. The van der Waals surface area contributed by atoms with Crippen LogP contribution >= 0.6 is 0 Å². The lowest BCUT2D eigenvalue weighted by Gasteiger charge is -2.16. The monoisotopic (exact) mass is 454 g/mol. The Balaban J connectivity index is 2.14. The van der Waals surface area contributed by atoms with E-state index in [0.717, 1.165) is 5.56 Å². The standard InChI is InChI=1S/C24H22O7S/c1-16-9-11-19(12-10-16)32(27,28)31-22-15-18(14-21(29-2)23(22)30-3)20(24(25)26)13-17-7-5-4-6-8-17/h4-15H,1-3H3,(H,25,26). The van der Waals surface area contributed by atoms with Gasteiger partial charge >= 0.3 is 16.1 Å². The molecule has 0 saturated heterocycles. The highest BCUT2D eigenvalue weighted by Gasteiger charge is 2.24. The van der Waals surface area contributed by atoms with Crippen LogP contribution in [0.15, 0.2) is 71.6 Å². The predicted octanol–water partition coefficient (Wildman–Crippen LogP) is 4.41. The zero-order chi connectivity index (χ0) is 23.3. The number of carboxylic acids is 1. The molecule has 0 aromatic heterocycles. The normalized spacial score (nSPS) is 11.7. The molecule has 1 N–H and O–H groups in total. The van der Waals surface area contributed by atoms with Gasteiger partial charge in [0.25, 0.3) is 0 Å². The molecule has 0 atom stereocenters. The first-order chi connectivity index (χ1) is 15.2. The van der Waals surface area contributed by atoms with Crippen LogP contribution in [0, 0.1) is 6.92 Å². The Hall–Kier alpha value is -3.78. The maximum absolute atomic E-state index is 12.8. The fourth-order valence-corrected chi connectivity index (χ4v) is 3.93. The third-order valence-electron chi connectivity index (χ3n) is 4.61. The number of hydrogen-bond acceptors (Lipinski definition) is 6. The van der Waals surface area contributed by atoms with E-state index in [-0.39, 0.29) is 33.3 Å². The topological polar surface area (TPSA) is 99.1 Å². The van der Waals surface area contributed by atoms with Gasteiger partial charge in [0.15, 0.2) is 11.5 Å². The summed E-state index contributed by atoms with van der Waals surface area (Å²) in [6.45, 7) is 1.83. The summed E-state index contributed by atoms with van der Waals surface area (Å²) in [7, 11) is -1.52. The number of carboxylic acid groups (broad SMARTS) is 1. The van der Waals surface area contributed by atoms with Crippen LogP contribution in [0.4, 0.5) is 0 Å². The van der Waals surface area contributed by atoms with Gasteiger partial charge in [-0.3, -0.25) is 0 Å². The lowest BCUT2D eigenvalue weighted by atomic mass is 10.0. The second-order valence-electron chi connectivity index (χ2n) is 6.83. The summed E-state index contributed by atoms with van der Waals surface area (Å²) in [5, 5.41) is 9.81. The zero-order valence-corrected chi connectivity index (χ0v) is 18.5. The fourth-order valence-electron chi connectivity index (χ4n) is 3.00. The van der Waals surface area contributed by atoms with Gasteiger partial charge < -0.3 is 18.8 Å². The number of rotatable bonds is 8. The van der Waals surface area contributed by atoms with E-state index in [9.17, 15) is 18.3 Å². The Morgan fingerprint density at radius 2 is 1.53 bits per heavy atom. The van der Waals surface area contributed by atoms with E-state index >= 15 is 0 Å². The summed E-state index contributed by atoms with van der Waals surface area (Å²) in [6, 6.07) is 17.8. The molecule has 0 aliphatic rings. The summed E-state index contributed by atoms with van der Waals surface area (Å²) in [5.41, 5.74) is 1.67. The van der Waals surface area contributed by atoms with Crippen molar-refractivity contribution in [2.75, 3.05) is 14.2 Å². The molecule has 3 aromatic carbocycles. The van der Waals surface area contributed by atoms with Gasteiger partial charge in [0.1, 0.15) is 4.90 Å². The predicted molar refractivity (Wildman–Crippen MR) is 120 cm³/mol. The largest absolute Gasteiger partial charge is 0.493 e. The molecule has 0 fully saturated rings. The lowest BCUT2D eigenvalue weighted by molar-refractivity contribution is -0.130. The van der Waals surface area contributed by atoms with Crippen LogP contribution in [-0.4, -0.2) is 33.7 Å². The van der Waals surface area contributed by atoms with Gasteiger partial charge in [0.05, 0.1) is 19.8 Å². The molecular formula is C24H22O7S. The average Bonchev–Trinajstić information content (AvgIpc) is 2.77. The van der Waals surface area contributed by atoms with Crippen molar-refractivity contribution in [3.05, 3.63) is 83.4 Å². The highest BCUT2D eigenvalue weighted by molar-refractivity contribution is 7.87. The van der Waals surface area contributed by atoms with Crippen LogP contribution in [0.1, 0.15) is 16.7 Å². The first-order valence-electron chi connectivity index (χ1n) is 9.52. The van der Waals surface area contributed by atoms with Gasteiger partial charge in [-0.05, 0) is 48.4 Å². The minimum absolute atomic E-state index is 0.0244. The molecule has 0 heterocycles. The van der Waals surface area contributed by atoms with Crippen LogP contribution in [0.2, 0.25) is 0 Å². The molecular weight excluding hydrogens is 432 g/mol. The lowest BCUT2D eigenvalue weighted by Crippen LogP contribution is -2.11. The first-order valence-corrected chi connectivity index (χ1v) is 10.9. The molecule has 166 valence electrons. The first kappa shape index (κ1) is 22.9. The molecule has 3 rings (SSSR count). The minimum atomic E-state index is -4.21. The van der Waals surface area contributed by atoms with Crippen molar-refractivity contribution in [3.63, 3.8) is 0 Å². The molecule has 0 aliphatic heterocycles. The smallest absolute Gasteiger partial charge is 0.339 e. The number of hydrogen-bond donors (Lipinski definition) is 1. The van der Waals surface area contributed by atoms with Gasteiger partial charge in [0.2, 0.25) is 5.75 Å². The van der Waals surface area contributed by atoms with Crippen LogP contribution in [-0.2, 0) is 14.9 Å². The SMILES string of the molecule is COc1cc(C(=Cc2ccccc2)C(=O)O)cc(OS(=O)(=O)c2ccc(C)cc2)c1OC. The van der Waals surface area contributed by atoms with E-state index in [0.29, 0.717) is 5.56 Å². The number of ether oxygens (including phenoxy) is 2. The van der Waals surface area contributed by atoms with Crippen LogP contribution in [0.3, 0.4) is 0 Å².